The minimum Gasteiger partial charge on any atom is -0.493 e. The van der Waals surface area contributed by atoms with Crippen molar-refractivity contribution < 1.29 is 13.9 Å². The van der Waals surface area contributed by atoms with Crippen LogP contribution in [0.3, 0.4) is 0 Å². The first-order chi connectivity index (χ1) is 12.1. The molecule has 0 aliphatic rings. The molecule has 0 bridgehead atoms. The van der Waals surface area contributed by atoms with Crippen LogP contribution < -0.4 is 14.8 Å². The van der Waals surface area contributed by atoms with E-state index in [2.05, 4.69) is 12.2 Å². The molecule has 0 heterocycles. The molecule has 25 heavy (non-hydrogen) atoms. The van der Waals surface area contributed by atoms with Gasteiger partial charge in [-0.3, -0.25) is 0 Å². The maximum Gasteiger partial charge on any atom is 0.180 e. The Hall–Kier alpha value is -1.49. The van der Waals surface area contributed by atoms with Crippen molar-refractivity contribution in [3.8, 4) is 11.5 Å². The number of halogens is 3. The van der Waals surface area contributed by atoms with Gasteiger partial charge in [-0.05, 0) is 42.8 Å². The first-order valence-electron chi connectivity index (χ1n) is 8.19. The predicted octanol–water partition coefficient (Wildman–Crippen LogP) is 5.61. The van der Waals surface area contributed by atoms with Crippen LogP contribution in [-0.2, 0) is 13.2 Å². The SMILES string of the molecule is CCCCNCc1cc(Cl)c(OCc2c(F)cccc2Cl)c(OC)c1. The summed E-state index contributed by atoms with van der Waals surface area (Å²) in [6.07, 6.45) is 2.26. The fourth-order valence-corrected chi connectivity index (χ4v) is 2.87. The summed E-state index contributed by atoms with van der Waals surface area (Å²) in [5.41, 5.74) is 1.28. The van der Waals surface area contributed by atoms with Crippen LogP contribution in [0.15, 0.2) is 30.3 Å². The Kier molecular flexibility index (Phi) is 7.82. The molecule has 0 fully saturated rings. The van der Waals surface area contributed by atoms with Crippen LogP contribution in [0.25, 0.3) is 0 Å². The van der Waals surface area contributed by atoms with Gasteiger partial charge in [0.15, 0.2) is 11.5 Å². The minimum absolute atomic E-state index is 0.0321. The van der Waals surface area contributed by atoms with Gasteiger partial charge in [-0.25, -0.2) is 4.39 Å². The third-order valence-electron chi connectivity index (χ3n) is 3.75. The molecule has 136 valence electrons. The van der Waals surface area contributed by atoms with Crippen LogP contribution in [0.2, 0.25) is 10.0 Å². The van der Waals surface area contributed by atoms with Crippen molar-refractivity contribution in [1.29, 1.82) is 0 Å². The molecule has 2 rings (SSSR count). The maximum atomic E-state index is 13.9. The topological polar surface area (TPSA) is 30.5 Å². The Balaban J connectivity index is 2.12. The molecule has 2 aromatic rings. The summed E-state index contributed by atoms with van der Waals surface area (Å²) in [7, 11) is 1.54. The highest BCUT2D eigenvalue weighted by atomic mass is 35.5. The maximum absolute atomic E-state index is 13.9. The summed E-state index contributed by atoms with van der Waals surface area (Å²) in [6, 6.07) is 8.20. The van der Waals surface area contributed by atoms with Crippen LogP contribution in [0.5, 0.6) is 11.5 Å². The van der Waals surface area contributed by atoms with E-state index in [0.29, 0.717) is 28.1 Å². The van der Waals surface area contributed by atoms with Crippen LogP contribution in [-0.4, -0.2) is 13.7 Å². The van der Waals surface area contributed by atoms with Gasteiger partial charge in [0, 0.05) is 12.1 Å². The molecule has 6 heteroatoms. The van der Waals surface area contributed by atoms with E-state index in [4.69, 9.17) is 32.7 Å². The van der Waals surface area contributed by atoms with E-state index in [-0.39, 0.29) is 12.2 Å². The van der Waals surface area contributed by atoms with Crippen LogP contribution >= 0.6 is 23.2 Å². The van der Waals surface area contributed by atoms with Gasteiger partial charge >= 0.3 is 0 Å². The predicted molar refractivity (Wildman–Crippen MR) is 100 cm³/mol. The molecular weight excluding hydrogens is 364 g/mol. The minimum atomic E-state index is -0.417. The number of hydrogen-bond donors (Lipinski definition) is 1. The number of ether oxygens (including phenoxy) is 2. The summed E-state index contributed by atoms with van der Waals surface area (Å²) in [5.74, 6) is 0.465. The van der Waals surface area contributed by atoms with E-state index < -0.39 is 5.82 Å². The van der Waals surface area contributed by atoms with Crippen LogP contribution in [0.4, 0.5) is 4.39 Å². The molecule has 0 amide bonds. The van der Waals surface area contributed by atoms with Crippen LogP contribution in [0, 0.1) is 5.82 Å². The molecule has 0 atom stereocenters. The quantitative estimate of drug-likeness (QED) is 0.569. The fraction of sp³-hybridized carbons (Fsp3) is 0.368. The molecule has 0 saturated carbocycles. The monoisotopic (exact) mass is 385 g/mol. The zero-order valence-electron chi connectivity index (χ0n) is 14.4. The average molecular weight is 386 g/mol. The second kappa shape index (κ2) is 9.85. The molecule has 0 aromatic heterocycles. The molecule has 0 radical (unpaired) electrons. The molecule has 0 aliphatic heterocycles. The number of benzene rings is 2. The first-order valence-corrected chi connectivity index (χ1v) is 8.95. The zero-order valence-corrected chi connectivity index (χ0v) is 15.9. The van der Waals surface area contributed by atoms with Crippen molar-refractivity contribution in [2.75, 3.05) is 13.7 Å². The Morgan fingerprint density at radius 2 is 1.96 bits per heavy atom. The van der Waals surface area contributed by atoms with E-state index in [9.17, 15) is 4.39 Å². The highest BCUT2D eigenvalue weighted by Crippen LogP contribution is 2.37. The normalized spacial score (nSPS) is 10.8. The van der Waals surface area contributed by atoms with Gasteiger partial charge in [-0.2, -0.15) is 0 Å². The first kappa shape index (κ1) is 19.8. The lowest BCUT2D eigenvalue weighted by atomic mass is 10.2. The lowest BCUT2D eigenvalue weighted by Gasteiger charge is -2.15. The Morgan fingerprint density at radius 1 is 1.16 bits per heavy atom. The summed E-state index contributed by atoms with van der Waals surface area (Å²) in [5, 5.41) is 4.08. The molecule has 2 aromatic carbocycles. The molecular formula is C19H22Cl2FNO2. The molecule has 0 aliphatic carbocycles. The van der Waals surface area contributed by atoms with Crippen LogP contribution in [0.1, 0.15) is 30.9 Å². The van der Waals surface area contributed by atoms with Crippen molar-refractivity contribution in [3.05, 3.63) is 57.3 Å². The number of unbranched alkanes of at least 4 members (excludes halogenated alkanes) is 1. The van der Waals surface area contributed by atoms with Crippen molar-refractivity contribution >= 4 is 23.2 Å². The van der Waals surface area contributed by atoms with Crippen molar-refractivity contribution in [2.45, 2.75) is 32.9 Å². The number of hydrogen-bond acceptors (Lipinski definition) is 3. The van der Waals surface area contributed by atoms with E-state index in [0.717, 1.165) is 24.9 Å². The third-order valence-corrected chi connectivity index (χ3v) is 4.38. The van der Waals surface area contributed by atoms with Crippen molar-refractivity contribution in [1.82, 2.24) is 5.32 Å². The van der Waals surface area contributed by atoms with Gasteiger partial charge in [0.1, 0.15) is 12.4 Å². The van der Waals surface area contributed by atoms with E-state index in [1.165, 1.54) is 6.07 Å². The Bertz CT molecular complexity index is 690. The van der Waals surface area contributed by atoms with E-state index >= 15 is 0 Å². The lowest BCUT2D eigenvalue weighted by Crippen LogP contribution is -2.14. The molecule has 0 saturated heterocycles. The molecule has 0 unspecified atom stereocenters. The highest BCUT2D eigenvalue weighted by Gasteiger charge is 2.14. The smallest absolute Gasteiger partial charge is 0.180 e. The van der Waals surface area contributed by atoms with Crippen molar-refractivity contribution in [2.24, 2.45) is 0 Å². The van der Waals surface area contributed by atoms with Gasteiger partial charge in [0.2, 0.25) is 0 Å². The summed E-state index contributed by atoms with van der Waals surface area (Å²) in [4.78, 5) is 0. The number of nitrogens with one attached hydrogen (secondary N) is 1. The third kappa shape index (κ3) is 5.50. The van der Waals surface area contributed by atoms with Gasteiger partial charge in [-0.15, -0.1) is 0 Å². The van der Waals surface area contributed by atoms with Crippen molar-refractivity contribution in [3.63, 3.8) is 0 Å². The average Bonchev–Trinajstić information content (AvgIpc) is 2.59. The Labute approximate surface area is 158 Å². The highest BCUT2D eigenvalue weighted by molar-refractivity contribution is 6.32. The second-order valence-corrected chi connectivity index (χ2v) is 6.44. The van der Waals surface area contributed by atoms with E-state index in [1.807, 2.05) is 12.1 Å². The van der Waals surface area contributed by atoms with Gasteiger partial charge < -0.3 is 14.8 Å². The Morgan fingerprint density at radius 3 is 2.64 bits per heavy atom. The second-order valence-electron chi connectivity index (χ2n) is 5.63. The summed E-state index contributed by atoms with van der Waals surface area (Å²) in [6.45, 7) is 3.75. The van der Waals surface area contributed by atoms with Gasteiger partial charge in [0.25, 0.3) is 0 Å². The standard InChI is InChI=1S/C19H22Cl2FNO2/c1-3-4-8-23-11-13-9-16(21)19(18(10-13)24-2)25-12-14-15(20)6-5-7-17(14)22/h5-7,9-10,23H,3-4,8,11-12H2,1-2H3. The fourth-order valence-electron chi connectivity index (χ4n) is 2.36. The zero-order chi connectivity index (χ0) is 18.2. The summed E-state index contributed by atoms with van der Waals surface area (Å²) >= 11 is 12.4. The number of methoxy groups -OCH3 is 1. The molecule has 3 nitrogen and oxygen atoms in total. The molecule has 0 spiro atoms. The largest absolute Gasteiger partial charge is 0.493 e. The summed E-state index contributed by atoms with van der Waals surface area (Å²) < 4.78 is 24.9. The van der Waals surface area contributed by atoms with E-state index in [1.54, 1.807) is 19.2 Å². The van der Waals surface area contributed by atoms with Gasteiger partial charge in [0.05, 0.1) is 17.2 Å². The number of rotatable bonds is 9. The lowest BCUT2D eigenvalue weighted by molar-refractivity contribution is 0.280. The molecule has 1 N–H and O–H groups in total. The van der Waals surface area contributed by atoms with Gasteiger partial charge in [-0.1, -0.05) is 42.6 Å².